The number of nitrogens with zero attached hydrogens (tertiary/aromatic N) is 2. The lowest BCUT2D eigenvalue weighted by molar-refractivity contribution is -0.129. The Morgan fingerprint density at radius 3 is 1.93 bits per heavy atom. The van der Waals surface area contributed by atoms with E-state index in [1.54, 1.807) is 0 Å². The molecule has 0 heterocycles. The highest BCUT2D eigenvalue weighted by Crippen LogP contribution is 2.12. The molecule has 0 aromatic carbocycles. The fourth-order valence-electron chi connectivity index (χ4n) is 4.74. The molecule has 0 spiro atoms. The van der Waals surface area contributed by atoms with E-state index in [4.69, 9.17) is 11.7 Å². The summed E-state index contributed by atoms with van der Waals surface area (Å²) in [4.78, 5) is 46.6. The molecule has 0 aromatic heterocycles. The van der Waals surface area contributed by atoms with Crippen molar-refractivity contribution >= 4 is 30.4 Å². The van der Waals surface area contributed by atoms with Gasteiger partial charge in [0.05, 0.1) is 19.2 Å². The van der Waals surface area contributed by atoms with Crippen LogP contribution in [0.25, 0.3) is 0 Å². The Morgan fingerprint density at radius 1 is 0.727 bits per heavy atom. The minimum absolute atomic E-state index is 0.0155. The van der Waals surface area contributed by atoms with Crippen LogP contribution in [-0.2, 0) is 14.4 Å². The van der Waals surface area contributed by atoms with Crippen molar-refractivity contribution in [3.05, 3.63) is 0 Å². The van der Waals surface area contributed by atoms with Crippen molar-refractivity contribution in [2.45, 2.75) is 129 Å². The molecule has 0 bridgehead atoms. The van der Waals surface area contributed by atoms with E-state index in [0.29, 0.717) is 39.0 Å². The molecule has 0 aliphatic heterocycles. The Hall–Kier alpha value is -2.77. The van der Waals surface area contributed by atoms with Crippen molar-refractivity contribution < 1.29 is 14.4 Å². The highest BCUT2D eigenvalue weighted by molar-refractivity contribution is 5.88. The predicted molar refractivity (Wildman–Crippen MR) is 181 cm³/mol. The first-order valence-corrected chi connectivity index (χ1v) is 16.8. The second-order valence-electron chi connectivity index (χ2n) is 11.8. The first-order chi connectivity index (χ1) is 21.3. The van der Waals surface area contributed by atoms with Gasteiger partial charge in [-0.25, -0.2) is 11.7 Å². The minimum Gasteiger partial charge on any atom is -0.356 e. The van der Waals surface area contributed by atoms with Crippen molar-refractivity contribution in [3.63, 3.8) is 0 Å². The molecule has 0 aliphatic rings. The second-order valence-corrected chi connectivity index (χ2v) is 11.8. The number of hydrazine groups is 2. The van der Waals surface area contributed by atoms with E-state index in [1.165, 1.54) is 44.8 Å². The summed E-state index contributed by atoms with van der Waals surface area (Å²) < 4.78 is 0. The third kappa shape index (κ3) is 26.8. The van der Waals surface area contributed by atoms with Gasteiger partial charge in [-0.2, -0.15) is 0 Å². The van der Waals surface area contributed by atoms with Gasteiger partial charge in [-0.15, -0.1) is 0 Å². The van der Waals surface area contributed by atoms with Crippen LogP contribution in [0.15, 0.2) is 9.98 Å². The summed E-state index contributed by atoms with van der Waals surface area (Å²) in [5, 5.41) is 12.2. The molecule has 0 rings (SSSR count). The van der Waals surface area contributed by atoms with Crippen molar-refractivity contribution in [1.29, 1.82) is 0 Å². The molecule has 44 heavy (non-hydrogen) atoms. The third-order valence-electron chi connectivity index (χ3n) is 7.13. The summed E-state index contributed by atoms with van der Waals surface area (Å²) >= 11 is 0. The van der Waals surface area contributed by atoms with E-state index in [2.05, 4.69) is 49.0 Å². The highest BCUT2D eigenvalue weighted by Gasteiger charge is 2.22. The van der Waals surface area contributed by atoms with Gasteiger partial charge in [-0.3, -0.25) is 24.4 Å². The van der Waals surface area contributed by atoms with Gasteiger partial charge in [-0.1, -0.05) is 65.7 Å². The van der Waals surface area contributed by atoms with Gasteiger partial charge in [0.2, 0.25) is 17.7 Å². The molecule has 0 aliphatic carbocycles. The average molecular weight is 625 g/mol. The molecule has 0 aromatic rings. The van der Waals surface area contributed by atoms with Gasteiger partial charge >= 0.3 is 0 Å². The molecule has 256 valence electrons. The molecule has 2 unspecified atom stereocenters. The number of aliphatic imine (C=N–C) groups is 2. The summed E-state index contributed by atoms with van der Waals surface area (Å²) in [6.07, 6.45) is 17.3. The number of hydrogen-bond donors (Lipinski definition) is 8. The van der Waals surface area contributed by atoms with Gasteiger partial charge < -0.3 is 32.1 Å². The monoisotopic (exact) mass is 625 g/mol. The summed E-state index contributed by atoms with van der Waals surface area (Å²) in [5.41, 5.74) is 4.74. The lowest BCUT2D eigenvalue weighted by atomic mass is 10.0. The Morgan fingerprint density at radius 2 is 1.30 bits per heavy atom. The van der Waals surface area contributed by atoms with Crippen LogP contribution in [0, 0.1) is 5.92 Å². The zero-order valence-corrected chi connectivity index (χ0v) is 27.8. The molecular formula is C31H64N10O3. The number of nitrogens with two attached hydrogens (primary N) is 2. The van der Waals surface area contributed by atoms with Crippen LogP contribution in [0.2, 0.25) is 0 Å². The van der Waals surface area contributed by atoms with Gasteiger partial charge in [-0.05, 0) is 50.9 Å². The number of carbonyl (C=O) groups excluding carboxylic acids is 3. The fraction of sp³-hybridized carbons (Fsp3) is 0.839. The number of hydrogen-bond acceptors (Lipinski definition) is 8. The summed E-state index contributed by atoms with van der Waals surface area (Å²) in [6, 6.07) is -0.713. The van der Waals surface area contributed by atoms with Crippen molar-refractivity contribution in [3.8, 4) is 0 Å². The number of carbonyl (C=O) groups is 3. The molecule has 0 saturated heterocycles. The quantitative estimate of drug-likeness (QED) is 0.0195. The van der Waals surface area contributed by atoms with Gasteiger partial charge in [0, 0.05) is 38.6 Å². The van der Waals surface area contributed by atoms with Gasteiger partial charge in [0.25, 0.3) is 0 Å². The number of amides is 3. The topological polar surface area (TPSA) is 200 Å². The van der Waals surface area contributed by atoms with E-state index >= 15 is 0 Å². The zero-order valence-electron chi connectivity index (χ0n) is 27.8. The minimum atomic E-state index is -0.606. The van der Waals surface area contributed by atoms with Gasteiger partial charge in [0.1, 0.15) is 6.04 Å². The molecule has 2 atom stereocenters. The average Bonchev–Trinajstić information content (AvgIpc) is 2.99. The predicted octanol–water partition coefficient (Wildman–Crippen LogP) is 2.17. The molecule has 13 heteroatoms. The number of unbranched alkanes of at least 4 members (excludes halogenated alkanes) is 9. The summed E-state index contributed by atoms with van der Waals surface area (Å²) in [5.74, 6) is 10.1. The zero-order chi connectivity index (χ0) is 32.7. The van der Waals surface area contributed by atoms with E-state index < -0.39 is 6.04 Å². The normalized spacial score (nSPS) is 12.9. The second kappa shape index (κ2) is 30.3. The molecule has 3 amide bonds. The fourth-order valence-corrected chi connectivity index (χ4v) is 4.74. The number of rotatable bonds is 30. The molecule has 10 N–H and O–H groups in total. The van der Waals surface area contributed by atoms with Crippen LogP contribution in [0.1, 0.15) is 117 Å². The lowest BCUT2D eigenvalue weighted by Gasteiger charge is -2.22. The SMILES string of the molecule is CCCCCCCCCC(CC(=O)NCCCCCN=CNN)NCC(=O)NC(CC(C)C)C(=O)NCCCCN=CNN. The van der Waals surface area contributed by atoms with Crippen molar-refractivity contribution in [2.24, 2.45) is 27.6 Å². The third-order valence-corrected chi connectivity index (χ3v) is 7.13. The maximum Gasteiger partial charge on any atom is 0.242 e. The maximum atomic E-state index is 12.9. The number of nitrogens with one attached hydrogen (secondary N) is 6. The molecule has 0 fully saturated rings. The van der Waals surface area contributed by atoms with Crippen LogP contribution in [-0.4, -0.2) is 75.2 Å². The van der Waals surface area contributed by atoms with Crippen LogP contribution in [0.5, 0.6) is 0 Å². The Balaban J connectivity index is 4.78. The van der Waals surface area contributed by atoms with Gasteiger partial charge in [0.15, 0.2) is 0 Å². The van der Waals surface area contributed by atoms with E-state index in [9.17, 15) is 14.4 Å². The largest absolute Gasteiger partial charge is 0.356 e. The van der Waals surface area contributed by atoms with Crippen LogP contribution >= 0.6 is 0 Å². The molecule has 13 nitrogen and oxygen atoms in total. The van der Waals surface area contributed by atoms with E-state index in [1.807, 2.05) is 13.8 Å². The summed E-state index contributed by atoms with van der Waals surface area (Å²) in [7, 11) is 0. The molecule has 0 radical (unpaired) electrons. The molecule has 0 saturated carbocycles. The van der Waals surface area contributed by atoms with E-state index in [0.717, 1.165) is 51.4 Å². The Labute approximate surface area is 266 Å². The standard InChI is InChI=1S/C31H64N10O3/c1-4-5-6-7-8-9-11-16-27(22-29(42)36-19-13-10-12-17-34-24-39-32)38-23-30(43)41-28(21-26(2)3)31(44)37-20-15-14-18-35-25-40-33/h24-28,38H,4-23,32-33H2,1-3H3,(H,34,39)(H,35,40)(H,36,42)(H,37,44)(H,41,43). The molecular weight excluding hydrogens is 560 g/mol. The first-order valence-electron chi connectivity index (χ1n) is 16.8. The van der Waals surface area contributed by atoms with Crippen LogP contribution in [0.4, 0.5) is 0 Å². The van der Waals surface area contributed by atoms with Crippen LogP contribution in [0.3, 0.4) is 0 Å². The van der Waals surface area contributed by atoms with Crippen molar-refractivity contribution in [2.75, 3.05) is 32.7 Å². The Bertz CT molecular complexity index is 780. The van der Waals surface area contributed by atoms with Crippen molar-refractivity contribution in [1.82, 2.24) is 32.1 Å². The highest BCUT2D eigenvalue weighted by atomic mass is 16.2. The van der Waals surface area contributed by atoms with Crippen LogP contribution < -0.4 is 43.8 Å². The van der Waals surface area contributed by atoms with E-state index in [-0.39, 0.29) is 36.2 Å². The first kappa shape index (κ1) is 41.2. The lowest BCUT2D eigenvalue weighted by Crippen LogP contribution is -2.50. The smallest absolute Gasteiger partial charge is 0.242 e. The maximum absolute atomic E-state index is 12.9. The summed E-state index contributed by atoms with van der Waals surface area (Å²) in [6.45, 7) is 8.78. The Kier molecular flexibility index (Phi) is 28.4.